The summed E-state index contributed by atoms with van der Waals surface area (Å²) in [5.74, 6) is 6.96. The summed E-state index contributed by atoms with van der Waals surface area (Å²) in [7, 11) is 0. The van der Waals surface area contributed by atoms with Crippen LogP contribution in [0.3, 0.4) is 0 Å². The van der Waals surface area contributed by atoms with E-state index in [2.05, 4.69) is 30.3 Å². The lowest BCUT2D eigenvalue weighted by Crippen LogP contribution is -2.56. The van der Waals surface area contributed by atoms with Crippen molar-refractivity contribution in [1.82, 2.24) is 0 Å². The molecule has 9 atom stereocenters. The van der Waals surface area contributed by atoms with Crippen LogP contribution in [0.25, 0.3) is 0 Å². The number of allylic oxidation sites excluding steroid dienone is 2. The van der Waals surface area contributed by atoms with E-state index < -0.39 is 0 Å². The van der Waals surface area contributed by atoms with Gasteiger partial charge in [-0.25, -0.2) is 0 Å². The van der Waals surface area contributed by atoms with Crippen LogP contribution in [0.15, 0.2) is 29.0 Å². The van der Waals surface area contributed by atoms with Gasteiger partial charge in [-0.05, 0) is 105 Å². The normalized spacial score (nSPS) is 57.5. The first-order valence-corrected chi connectivity index (χ1v) is 11.9. The van der Waals surface area contributed by atoms with E-state index >= 15 is 0 Å². The van der Waals surface area contributed by atoms with E-state index in [1.165, 1.54) is 44.9 Å². The average molecular weight is 380 g/mol. The first kappa shape index (κ1) is 16.7. The highest BCUT2D eigenvalue weighted by molar-refractivity contribution is 5.96. The fourth-order valence-corrected chi connectivity index (χ4v) is 9.43. The fourth-order valence-electron chi connectivity index (χ4n) is 9.43. The van der Waals surface area contributed by atoms with Gasteiger partial charge in [-0.15, -0.1) is 0 Å². The Morgan fingerprint density at radius 3 is 2.79 bits per heavy atom. The maximum Gasteiger partial charge on any atom is 0.0954 e. The predicted octanol–water partition coefficient (Wildman–Crippen LogP) is 5.21. The van der Waals surface area contributed by atoms with Crippen molar-refractivity contribution in [3.63, 3.8) is 0 Å². The molecule has 3 nitrogen and oxygen atoms in total. The van der Waals surface area contributed by atoms with Gasteiger partial charge in [0.1, 0.15) is 0 Å². The van der Waals surface area contributed by atoms with Gasteiger partial charge < -0.3 is 9.94 Å². The summed E-state index contributed by atoms with van der Waals surface area (Å²) in [5.41, 5.74) is 2.99. The first-order valence-electron chi connectivity index (χ1n) is 11.9. The molecule has 1 spiro atoms. The topological polar surface area (TPSA) is 41.8 Å². The minimum absolute atomic E-state index is 0.0702. The van der Waals surface area contributed by atoms with Crippen molar-refractivity contribution in [3.05, 3.63) is 23.8 Å². The third kappa shape index (κ3) is 1.89. The molecule has 0 amide bonds. The average Bonchev–Trinajstić information content (AvgIpc) is 3.64. The van der Waals surface area contributed by atoms with Gasteiger partial charge in [-0.1, -0.05) is 29.8 Å². The molecule has 7 rings (SSSR count). The van der Waals surface area contributed by atoms with E-state index in [4.69, 9.17) is 4.74 Å². The third-order valence-corrected chi connectivity index (χ3v) is 10.5. The van der Waals surface area contributed by atoms with Crippen LogP contribution >= 0.6 is 0 Å². The molecular weight excluding hydrogens is 346 g/mol. The minimum Gasteiger partial charge on any atom is -0.411 e. The molecule has 1 N–H and O–H groups in total. The van der Waals surface area contributed by atoms with E-state index in [-0.39, 0.29) is 5.60 Å². The quantitative estimate of drug-likeness (QED) is 0.386. The zero-order valence-corrected chi connectivity index (χ0v) is 17.0. The van der Waals surface area contributed by atoms with E-state index in [0.29, 0.717) is 5.41 Å². The zero-order chi connectivity index (χ0) is 18.7. The van der Waals surface area contributed by atoms with Crippen LogP contribution in [0.2, 0.25) is 0 Å². The van der Waals surface area contributed by atoms with Crippen molar-refractivity contribution >= 4 is 5.71 Å². The number of oxime groups is 1. The molecule has 1 heterocycles. The second kappa shape index (κ2) is 5.33. The monoisotopic (exact) mass is 379 g/mol. The molecule has 5 saturated carbocycles. The summed E-state index contributed by atoms with van der Waals surface area (Å²) in [6.07, 6.45) is 17.6. The SMILES string of the molecule is C[C@]12CC[C@H]3[C@H]([C@@H]1[C@@H]1C[C@@H]1[C@@]21C=CCO1)[C@@H](C1CC1)CC1=C/C(=N\O)CC[C@@H]13. The minimum atomic E-state index is 0.0702. The zero-order valence-electron chi connectivity index (χ0n) is 17.0. The highest BCUT2D eigenvalue weighted by Gasteiger charge is 2.77. The molecule has 7 aliphatic rings. The highest BCUT2D eigenvalue weighted by Crippen LogP contribution is 2.78. The third-order valence-electron chi connectivity index (χ3n) is 10.5. The molecule has 0 saturated heterocycles. The molecule has 0 bridgehead atoms. The van der Waals surface area contributed by atoms with Gasteiger partial charge in [0.15, 0.2) is 0 Å². The summed E-state index contributed by atoms with van der Waals surface area (Å²) < 4.78 is 6.59. The molecule has 3 heteroatoms. The largest absolute Gasteiger partial charge is 0.411 e. The van der Waals surface area contributed by atoms with E-state index in [1.807, 2.05) is 0 Å². The first-order chi connectivity index (χ1) is 13.7. The maximum atomic E-state index is 9.34. The van der Waals surface area contributed by atoms with Crippen molar-refractivity contribution in [2.45, 2.75) is 63.9 Å². The van der Waals surface area contributed by atoms with E-state index in [1.54, 1.807) is 5.57 Å². The van der Waals surface area contributed by atoms with E-state index in [0.717, 1.165) is 66.1 Å². The Morgan fingerprint density at radius 2 is 2.04 bits per heavy atom. The number of hydrogen-bond donors (Lipinski definition) is 1. The summed E-state index contributed by atoms with van der Waals surface area (Å²) in [6, 6.07) is 0. The molecule has 0 aromatic rings. The van der Waals surface area contributed by atoms with Crippen LogP contribution in [-0.2, 0) is 4.74 Å². The second-order valence-corrected chi connectivity index (χ2v) is 11.4. The molecule has 0 radical (unpaired) electrons. The summed E-state index contributed by atoms with van der Waals surface area (Å²) in [6.45, 7) is 3.45. The lowest BCUT2D eigenvalue weighted by Gasteiger charge is -2.59. The number of nitrogens with zero attached hydrogens (tertiary/aromatic N) is 1. The Labute approximate surface area is 168 Å². The van der Waals surface area contributed by atoms with Crippen molar-refractivity contribution in [2.24, 2.45) is 57.9 Å². The molecule has 0 unspecified atom stereocenters. The Balaban J connectivity index is 1.32. The lowest BCUT2D eigenvalue weighted by atomic mass is 9.46. The van der Waals surface area contributed by atoms with Crippen molar-refractivity contribution in [1.29, 1.82) is 0 Å². The van der Waals surface area contributed by atoms with Gasteiger partial charge in [0.25, 0.3) is 0 Å². The lowest BCUT2D eigenvalue weighted by molar-refractivity contribution is -0.142. The van der Waals surface area contributed by atoms with Crippen molar-refractivity contribution in [3.8, 4) is 0 Å². The van der Waals surface area contributed by atoms with Crippen LogP contribution in [0.1, 0.15) is 58.3 Å². The Kier molecular flexibility index (Phi) is 3.18. The fraction of sp³-hybridized carbons (Fsp3) is 0.800. The number of rotatable bonds is 1. The van der Waals surface area contributed by atoms with Gasteiger partial charge in [0, 0.05) is 5.41 Å². The summed E-state index contributed by atoms with van der Waals surface area (Å²) in [4.78, 5) is 0. The summed E-state index contributed by atoms with van der Waals surface area (Å²) in [5, 5.41) is 12.9. The van der Waals surface area contributed by atoms with Crippen LogP contribution in [0.5, 0.6) is 0 Å². The molecule has 6 aliphatic carbocycles. The molecule has 150 valence electrons. The van der Waals surface area contributed by atoms with Gasteiger partial charge in [-0.2, -0.15) is 0 Å². The van der Waals surface area contributed by atoms with Gasteiger partial charge in [0.05, 0.1) is 17.9 Å². The Hall–Kier alpha value is -1.09. The maximum absolute atomic E-state index is 9.34. The summed E-state index contributed by atoms with van der Waals surface area (Å²) >= 11 is 0. The smallest absolute Gasteiger partial charge is 0.0954 e. The Bertz CT molecular complexity index is 809. The van der Waals surface area contributed by atoms with Crippen LogP contribution in [-0.4, -0.2) is 23.1 Å². The second-order valence-electron chi connectivity index (χ2n) is 11.4. The number of hydrogen-bond acceptors (Lipinski definition) is 3. The van der Waals surface area contributed by atoms with E-state index in [9.17, 15) is 5.21 Å². The molecule has 28 heavy (non-hydrogen) atoms. The predicted molar refractivity (Wildman–Crippen MR) is 108 cm³/mol. The van der Waals surface area contributed by atoms with Crippen LogP contribution < -0.4 is 0 Å². The van der Waals surface area contributed by atoms with Crippen molar-refractivity contribution in [2.75, 3.05) is 6.61 Å². The Morgan fingerprint density at radius 1 is 1.14 bits per heavy atom. The van der Waals surface area contributed by atoms with Crippen LogP contribution in [0, 0.1) is 52.8 Å². The molecule has 0 aromatic carbocycles. The van der Waals surface area contributed by atoms with Crippen LogP contribution in [0.4, 0.5) is 0 Å². The standard InChI is InChI=1S/C25H33NO2/c1-24-9-7-18-17-6-5-16(26-27)11-15(17)12-19(14-3-4-14)22(18)23(24)20-13-21(20)25(24)8-2-10-28-25/h2,8,11,14,17-23,27H,3-7,9-10,12-13H2,1H3/b26-16-/t17-,18+,19+,20+,21-,22-,23-,24-,25-/m0/s1. The number of ether oxygens (including phenoxy) is 1. The highest BCUT2D eigenvalue weighted by atomic mass is 16.5. The molecule has 5 fully saturated rings. The van der Waals surface area contributed by atoms with Crippen molar-refractivity contribution < 1.29 is 9.94 Å². The molecule has 1 aliphatic heterocycles. The van der Waals surface area contributed by atoms with Gasteiger partial charge in [0.2, 0.25) is 0 Å². The van der Waals surface area contributed by atoms with Gasteiger partial charge in [-0.3, -0.25) is 0 Å². The number of fused-ring (bicyclic) bond motifs is 9. The molecular formula is C25H33NO2. The molecule has 0 aromatic heterocycles. The van der Waals surface area contributed by atoms with Gasteiger partial charge >= 0.3 is 0 Å².